The van der Waals surface area contributed by atoms with Crippen molar-refractivity contribution in [2.45, 2.75) is 64.6 Å². The van der Waals surface area contributed by atoms with E-state index in [9.17, 15) is 18.7 Å². The van der Waals surface area contributed by atoms with Gasteiger partial charge in [0.05, 0.1) is 12.1 Å². The quantitative estimate of drug-likeness (QED) is 0.250. The number of aliphatic hydroxyl groups excluding tert-OH is 1. The van der Waals surface area contributed by atoms with Crippen molar-refractivity contribution in [1.29, 1.82) is 0 Å². The number of carbonyl (C=O) groups is 1. The van der Waals surface area contributed by atoms with Crippen LogP contribution in [0.2, 0.25) is 0 Å². The van der Waals surface area contributed by atoms with Crippen LogP contribution in [0.25, 0.3) is 0 Å². The van der Waals surface area contributed by atoms with E-state index in [-0.39, 0.29) is 31.3 Å². The number of benzene rings is 3. The van der Waals surface area contributed by atoms with Gasteiger partial charge in [-0.15, -0.1) is 12.4 Å². The van der Waals surface area contributed by atoms with Gasteiger partial charge < -0.3 is 20.6 Å². The summed E-state index contributed by atoms with van der Waals surface area (Å²) in [7, 11) is 0. The summed E-state index contributed by atoms with van der Waals surface area (Å²) in [6.45, 7) is 6.91. The van der Waals surface area contributed by atoms with Gasteiger partial charge >= 0.3 is 0 Å². The molecule has 1 aliphatic rings. The number of rotatable bonds is 13. The van der Waals surface area contributed by atoms with E-state index in [1.807, 2.05) is 30.3 Å². The molecule has 1 heterocycles. The minimum absolute atomic E-state index is 0. The Labute approximate surface area is 242 Å². The maximum absolute atomic E-state index is 13.9. The maximum Gasteiger partial charge on any atom is 0.251 e. The molecule has 8 heteroatoms. The molecule has 3 aromatic rings. The summed E-state index contributed by atoms with van der Waals surface area (Å²) in [5.41, 5.74) is 5.51. The third-order valence-corrected chi connectivity index (χ3v) is 7.36. The number of nitrogens with one attached hydrogen (secondary N) is 2. The van der Waals surface area contributed by atoms with Gasteiger partial charge in [0.15, 0.2) is 0 Å². The second kappa shape index (κ2) is 15.1. The van der Waals surface area contributed by atoms with Gasteiger partial charge in [-0.2, -0.15) is 0 Å². The molecule has 0 radical (unpaired) electrons. The Morgan fingerprint density at radius 1 is 1.00 bits per heavy atom. The molecule has 0 aliphatic carbocycles. The van der Waals surface area contributed by atoms with Crippen molar-refractivity contribution in [3.63, 3.8) is 0 Å². The van der Waals surface area contributed by atoms with Crippen LogP contribution in [0.15, 0.2) is 60.7 Å². The van der Waals surface area contributed by atoms with E-state index in [4.69, 9.17) is 0 Å². The van der Waals surface area contributed by atoms with Crippen LogP contribution in [-0.4, -0.2) is 42.8 Å². The van der Waals surface area contributed by atoms with Gasteiger partial charge in [0, 0.05) is 43.5 Å². The van der Waals surface area contributed by atoms with E-state index >= 15 is 0 Å². The van der Waals surface area contributed by atoms with Crippen LogP contribution in [0.1, 0.15) is 59.3 Å². The first-order valence-corrected chi connectivity index (χ1v) is 14.0. The minimum atomic E-state index is -0.981. The molecule has 1 amide bonds. The van der Waals surface area contributed by atoms with Crippen molar-refractivity contribution in [3.05, 3.63) is 100 Å². The lowest BCUT2D eigenvalue weighted by Gasteiger charge is -2.25. The Bertz CT molecular complexity index is 1250. The van der Waals surface area contributed by atoms with Crippen molar-refractivity contribution < 1.29 is 18.7 Å². The second-order valence-corrected chi connectivity index (χ2v) is 10.4. The van der Waals surface area contributed by atoms with Crippen LogP contribution >= 0.6 is 12.4 Å². The summed E-state index contributed by atoms with van der Waals surface area (Å²) in [5.74, 6) is -1.70. The van der Waals surface area contributed by atoms with Crippen LogP contribution in [0.3, 0.4) is 0 Å². The fourth-order valence-electron chi connectivity index (χ4n) is 5.15. The number of unbranched alkanes of at least 4 members (excludes halogenated alkanes) is 1. The van der Waals surface area contributed by atoms with Gasteiger partial charge in [0.1, 0.15) is 11.6 Å². The highest BCUT2D eigenvalue weighted by Gasteiger charge is 2.25. The molecule has 4 rings (SSSR count). The molecular formula is C32H40ClF2N3O2. The number of hydrogen-bond donors (Lipinski definition) is 3. The molecule has 0 fully saturated rings. The lowest BCUT2D eigenvalue weighted by atomic mass is 9.99. The van der Waals surface area contributed by atoms with E-state index < -0.39 is 23.8 Å². The summed E-state index contributed by atoms with van der Waals surface area (Å²) in [6.07, 6.45) is 3.19. The minimum Gasteiger partial charge on any atom is -0.390 e. The summed E-state index contributed by atoms with van der Waals surface area (Å²) in [5, 5.41) is 17.3. The molecule has 3 aromatic carbocycles. The molecular weight excluding hydrogens is 532 g/mol. The zero-order chi connectivity index (χ0) is 27.8. The number of hydrogen-bond acceptors (Lipinski definition) is 4. The molecule has 0 spiro atoms. The van der Waals surface area contributed by atoms with Gasteiger partial charge in [-0.3, -0.25) is 4.79 Å². The summed E-state index contributed by atoms with van der Waals surface area (Å²) in [6, 6.07) is 16.5. The van der Waals surface area contributed by atoms with E-state index in [1.165, 1.54) is 23.3 Å². The highest BCUT2D eigenvalue weighted by atomic mass is 35.5. The standard InChI is InChI=1S/C32H39F2N3O2.ClH/c1-3-5-12-37-13-11-25-9-10-26(18-30(25)37)32(39)36-29(17-24-15-27(33)19-28(34)16-24)31(38)21-35-20-23-8-6-7-22(4-2)14-23;/h6-10,14-16,18-19,29,31,35,38H,3-5,11-13,17,20-21H2,1-2H3,(H,36,39);1H/t29-,31-;/m0./s1. The van der Waals surface area contributed by atoms with Crippen LogP contribution in [0.4, 0.5) is 14.5 Å². The summed E-state index contributed by atoms with van der Waals surface area (Å²) >= 11 is 0. The Balaban J connectivity index is 0.00000441. The molecule has 216 valence electrons. The molecule has 0 saturated heterocycles. The van der Waals surface area contributed by atoms with Crippen molar-refractivity contribution in [3.8, 4) is 0 Å². The first-order chi connectivity index (χ1) is 18.9. The number of aryl methyl sites for hydroxylation is 1. The number of anilines is 1. The highest BCUT2D eigenvalue weighted by molar-refractivity contribution is 5.95. The average Bonchev–Trinajstić information content (AvgIpc) is 3.33. The van der Waals surface area contributed by atoms with Crippen molar-refractivity contribution in [2.24, 2.45) is 0 Å². The number of aliphatic hydroxyl groups is 1. The smallest absolute Gasteiger partial charge is 0.251 e. The van der Waals surface area contributed by atoms with Crippen LogP contribution in [0, 0.1) is 11.6 Å². The predicted octanol–water partition coefficient (Wildman–Crippen LogP) is 5.60. The van der Waals surface area contributed by atoms with Crippen molar-refractivity contribution >= 4 is 24.0 Å². The number of amides is 1. The Kier molecular flexibility index (Phi) is 11.9. The van der Waals surface area contributed by atoms with Crippen molar-refractivity contribution in [1.82, 2.24) is 10.6 Å². The highest BCUT2D eigenvalue weighted by Crippen LogP contribution is 2.29. The first-order valence-electron chi connectivity index (χ1n) is 14.0. The molecule has 0 saturated carbocycles. The number of carbonyl (C=O) groups excluding carboxylic acids is 1. The molecule has 3 N–H and O–H groups in total. The van der Waals surface area contributed by atoms with Gasteiger partial charge in [0.2, 0.25) is 0 Å². The van der Waals surface area contributed by atoms with Gasteiger partial charge in [-0.1, -0.05) is 50.6 Å². The zero-order valence-electron chi connectivity index (χ0n) is 23.3. The fraction of sp³-hybridized carbons (Fsp3) is 0.406. The molecule has 1 aliphatic heterocycles. The molecule has 2 atom stereocenters. The number of nitrogens with zero attached hydrogens (tertiary/aromatic N) is 1. The third-order valence-electron chi connectivity index (χ3n) is 7.36. The molecule has 0 unspecified atom stereocenters. The number of halogens is 3. The largest absolute Gasteiger partial charge is 0.390 e. The normalized spacial score (nSPS) is 13.9. The van der Waals surface area contributed by atoms with Crippen molar-refractivity contribution in [2.75, 3.05) is 24.5 Å². The lowest BCUT2D eigenvalue weighted by Crippen LogP contribution is -2.48. The van der Waals surface area contributed by atoms with Gasteiger partial charge in [0.25, 0.3) is 5.91 Å². The average molecular weight is 572 g/mol. The Hall–Kier alpha value is -3.00. The van der Waals surface area contributed by atoms with Crippen LogP contribution in [0.5, 0.6) is 0 Å². The Morgan fingerprint density at radius 2 is 1.75 bits per heavy atom. The molecule has 40 heavy (non-hydrogen) atoms. The molecule has 0 aromatic heterocycles. The van der Waals surface area contributed by atoms with E-state index in [1.54, 1.807) is 0 Å². The summed E-state index contributed by atoms with van der Waals surface area (Å²) < 4.78 is 27.8. The third kappa shape index (κ3) is 8.50. The van der Waals surface area contributed by atoms with E-state index in [0.717, 1.165) is 56.1 Å². The predicted molar refractivity (Wildman–Crippen MR) is 159 cm³/mol. The van der Waals surface area contributed by atoms with E-state index in [2.05, 4.69) is 41.5 Å². The topological polar surface area (TPSA) is 64.6 Å². The second-order valence-electron chi connectivity index (χ2n) is 10.4. The SMILES string of the molecule is CCCCN1CCc2ccc(C(=O)N[C@@H](Cc3cc(F)cc(F)c3)[C@@H](O)CNCc3cccc(CC)c3)cc21.Cl. The van der Waals surface area contributed by atoms with Gasteiger partial charge in [-0.25, -0.2) is 8.78 Å². The first kappa shape index (κ1) is 31.5. The molecule has 0 bridgehead atoms. The lowest BCUT2D eigenvalue weighted by molar-refractivity contribution is 0.0830. The Morgan fingerprint density at radius 3 is 2.48 bits per heavy atom. The fourth-order valence-corrected chi connectivity index (χ4v) is 5.15. The summed E-state index contributed by atoms with van der Waals surface area (Å²) in [4.78, 5) is 15.7. The monoisotopic (exact) mass is 571 g/mol. The molecule has 5 nitrogen and oxygen atoms in total. The zero-order valence-corrected chi connectivity index (χ0v) is 24.1. The van der Waals surface area contributed by atoms with Gasteiger partial charge in [-0.05, 0) is 72.2 Å². The van der Waals surface area contributed by atoms with E-state index in [0.29, 0.717) is 17.7 Å². The van der Waals surface area contributed by atoms with Crippen LogP contribution in [-0.2, 0) is 25.8 Å². The number of fused-ring (bicyclic) bond motifs is 1. The van der Waals surface area contributed by atoms with Crippen LogP contribution < -0.4 is 15.5 Å². The maximum atomic E-state index is 13.9.